The van der Waals surface area contributed by atoms with Crippen molar-refractivity contribution in [2.75, 3.05) is 0 Å². The molecule has 0 spiro atoms. The van der Waals surface area contributed by atoms with Crippen LogP contribution in [0.2, 0.25) is 10.0 Å². The molecule has 0 aromatic heterocycles. The molecular weight excluding hydrogens is 509 g/mol. The smallest absolute Gasteiger partial charge is 0.337 e. The number of carbonyl (C=O) groups excluding carboxylic acids is 1. The summed E-state index contributed by atoms with van der Waals surface area (Å²) in [5.41, 5.74) is 7.06. The van der Waals surface area contributed by atoms with E-state index in [0.29, 0.717) is 34.3 Å². The first-order valence-corrected chi connectivity index (χ1v) is 12.9. The lowest BCUT2D eigenvalue weighted by atomic mass is 9.83. The number of carboxylic acids is 1. The third-order valence-electron chi connectivity index (χ3n) is 6.77. The molecule has 1 heterocycles. The second-order valence-electron chi connectivity index (χ2n) is 10.6. The number of fused-ring (bicyclic) bond motifs is 1. The van der Waals surface area contributed by atoms with Gasteiger partial charge in [0.1, 0.15) is 0 Å². The lowest BCUT2D eigenvalue weighted by Crippen LogP contribution is -2.28. The molecule has 1 amide bonds. The van der Waals surface area contributed by atoms with Crippen LogP contribution in [0, 0.1) is 20.8 Å². The maximum absolute atomic E-state index is 13.4. The number of amides is 1. The minimum absolute atomic E-state index is 0.160. The summed E-state index contributed by atoms with van der Waals surface area (Å²) in [7, 11) is 0. The van der Waals surface area contributed by atoms with E-state index >= 15 is 0 Å². The number of carbonyl (C=O) groups is 2. The number of nitrogens with zero attached hydrogens (tertiary/aromatic N) is 1. The highest BCUT2D eigenvalue weighted by Gasteiger charge is 2.36. The van der Waals surface area contributed by atoms with Crippen molar-refractivity contribution in [1.82, 2.24) is 4.90 Å². The zero-order valence-corrected chi connectivity index (χ0v) is 23.4. The summed E-state index contributed by atoms with van der Waals surface area (Å²) in [6, 6.07) is 12.9. The molecule has 1 unspecified atom stereocenters. The van der Waals surface area contributed by atoms with Crippen LogP contribution in [0.4, 0.5) is 0 Å². The molecule has 3 aromatic rings. The molecule has 0 aliphatic carbocycles. The fourth-order valence-corrected chi connectivity index (χ4v) is 5.28. The Morgan fingerprint density at radius 1 is 0.919 bits per heavy atom. The molecule has 3 aromatic carbocycles. The summed E-state index contributed by atoms with van der Waals surface area (Å²) in [6.45, 7) is 12.3. The van der Waals surface area contributed by atoms with Crippen molar-refractivity contribution in [3.8, 4) is 11.1 Å². The Kier molecular flexibility index (Phi) is 7.44. The zero-order chi connectivity index (χ0) is 27.2. The first kappa shape index (κ1) is 27.2. The van der Waals surface area contributed by atoms with Gasteiger partial charge in [-0.1, -0.05) is 53.0 Å². The lowest BCUT2D eigenvalue weighted by Gasteiger charge is -2.29. The summed E-state index contributed by atoms with van der Waals surface area (Å²) in [5.74, 6) is -1.21. The number of rotatable bonds is 5. The highest BCUT2D eigenvalue weighted by molar-refractivity contribution is 6.42. The third kappa shape index (κ3) is 5.40. The van der Waals surface area contributed by atoms with Gasteiger partial charge in [0.05, 0.1) is 15.6 Å². The van der Waals surface area contributed by atoms with E-state index < -0.39 is 17.7 Å². The fourth-order valence-electron chi connectivity index (χ4n) is 4.98. The summed E-state index contributed by atoms with van der Waals surface area (Å²) >= 11 is 12.2. The van der Waals surface area contributed by atoms with Gasteiger partial charge in [-0.3, -0.25) is 4.79 Å². The standard InChI is InChI=1S/C30H31Cl2NO4/c1-16-7-9-19(10-8-16)25-17(2)21-14-33(28(34)20-11-12-23(31)24(32)13-20)15-22(21)18(3)26(25)27(29(35)36)37-30(4,5)6/h7-13,27H,14-15H2,1-6H3,(H,35,36). The Morgan fingerprint density at radius 2 is 1.51 bits per heavy atom. The van der Waals surface area contributed by atoms with Crippen molar-refractivity contribution >= 4 is 35.1 Å². The van der Waals surface area contributed by atoms with Gasteiger partial charge in [0.25, 0.3) is 5.91 Å². The van der Waals surface area contributed by atoms with Gasteiger partial charge in [-0.25, -0.2) is 4.79 Å². The van der Waals surface area contributed by atoms with Crippen molar-refractivity contribution in [1.29, 1.82) is 0 Å². The Labute approximate surface area is 228 Å². The number of aliphatic carboxylic acids is 1. The molecule has 37 heavy (non-hydrogen) atoms. The topological polar surface area (TPSA) is 66.8 Å². The molecule has 1 aliphatic rings. The van der Waals surface area contributed by atoms with E-state index in [2.05, 4.69) is 0 Å². The van der Waals surface area contributed by atoms with E-state index in [0.717, 1.165) is 38.9 Å². The first-order chi connectivity index (χ1) is 17.3. The first-order valence-electron chi connectivity index (χ1n) is 12.1. The maximum atomic E-state index is 13.4. The SMILES string of the molecule is Cc1ccc(-c2c(C)c3c(c(C)c2C(OC(C)(C)C)C(=O)O)CN(C(=O)c2ccc(Cl)c(Cl)c2)C3)cc1. The van der Waals surface area contributed by atoms with Crippen LogP contribution in [0.15, 0.2) is 42.5 Å². The molecule has 4 rings (SSSR count). The van der Waals surface area contributed by atoms with E-state index in [1.807, 2.05) is 65.8 Å². The van der Waals surface area contributed by atoms with Gasteiger partial charge in [0, 0.05) is 24.2 Å². The maximum Gasteiger partial charge on any atom is 0.337 e. The number of hydrogen-bond acceptors (Lipinski definition) is 3. The van der Waals surface area contributed by atoms with Crippen LogP contribution >= 0.6 is 23.2 Å². The fraction of sp³-hybridized carbons (Fsp3) is 0.333. The molecule has 194 valence electrons. The van der Waals surface area contributed by atoms with Gasteiger partial charge in [-0.15, -0.1) is 0 Å². The van der Waals surface area contributed by atoms with Gasteiger partial charge in [-0.05, 0) is 93.1 Å². The Morgan fingerprint density at radius 3 is 2.05 bits per heavy atom. The molecule has 0 radical (unpaired) electrons. The Hall–Kier alpha value is -2.86. The number of ether oxygens (including phenoxy) is 1. The monoisotopic (exact) mass is 539 g/mol. The second-order valence-corrected chi connectivity index (χ2v) is 11.4. The van der Waals surface area contributed by atoms with Crippen molar-refractivity contribution in [3.05, 3.63) is 91.5 Å². The molecule has 5 nitrogen and oxygen atoms in total. The minimum atomic E-state index is -1.17. The van der Waals surface area contributed by atoms with Crippen LogP contribution in [0.5, 0.6) is 0 Å². The highest BCUT2D eigenvalue weighted by Crippen LogP contribution is 2.44. The van der Waals surface area contributed by atoms with Crippen LogP contribution in [-0.4, -0.2) is 27.5 Å². The van der Waals surface area contributed by atoms with E-state index in [9.17, 15) is 14.7 Å². The molecule has 0 fully saturated rings. The molecule has 0 saturated heterocycles. The number of halogens is 2. The van der Waals surface area contributed by atoms with E-state index in [1.165, 1.54) is 0 Å². The average molecular weight is 540 g/mol. The number of carboxylic acid groups (broad SMARTS) is 1. The number of hydrogen-bond donors (Lipinski definition) is 1. The average Bonchev–Trinajstić information content (AvgIpc) is 3.27. The third-order valence-corrected chi connectivity index (χ3v) is 7.51. The molecule has 0 bridgehead atoms. The van der Waals surface area contributed by atoms with Gasteiger partial charge in [0.2, 0.25) is 0 Å². The van der Waals surface area contributed by atoms with E-state index in [4.69, 9.17) is 27.9 Å². The summed E-state index contributed by atoms with van der Waals surface area (Å²) in [5, 5.41) is 11.0. The second kappa shape index (κ2) is 10.1. The lowest BCUT2D eigenvalue weighted by molar-refractivity contribution is -0.160. The molecule has 1 aliphatic heterocycles. The number of aryl methyl sites for hydroxylation is 1. The van der Waals surface area contributed by atoms with Crippen LogP contribution in [-0.2, 0) is 22.6 Å². The van der Waals surface area contributed by atoms with Crippen LogP contribution in [0.1, 0.15) is 70.6 Å². The van der Waals surface area contributed by atoms with Crippen molar-refractivity contribution in [3.63, 3.8) is 0 Å². The van der Waals surface area contributed by atoms with Gasteiger partial charge in [-0.2, -0.15) is 0 Å². The van der Waals surface area contributed by atoms with Crippen LogP contribution < -0.4 is 0 Å². The predicted octanol–water partition coefficient (Wildman–Crippen LogP) is 7.68. The van der Waals surface area contributed by atoms with Crippen LogP contribution in [0.25, 0.3) is 11.1 Å². The number of benzene rings is 3. The predicted molar refractivity (Wildman–Crippen MR) is 147 cm³/mol. The van der Waals surface area contributed by atoms with Crippen molar-refractivity contribution in [2.24, 2.45) is 0 Å². The summed E-state index contributed by atoms with van der Waals surface area (Å²) < 4.78 is 6.13. The minimum Gasteiger partial charge on any atom is -0.479 e. The Bertz CT molecular complexity index is 1390. The molecule has 1 atom stereocenters. The van der Waals surface area contributed by atoms with Gasteiger partial charge < -0.3 is 14.7 Å². The normalized spacial score (nSPS) is 14.0. The molecule has 0 saturated carbocycles. The Balaban J connectivity index is 1.88. The molecule has 1 N–H and O–H groups in total. The zero-order valence-electron chi connectivity index (χ0n) is 21.9. The largest absolute Gasteiger partial charge is 0.479 e. The van der Waals surface area contributed by atoms with Crippen molar-refractivity contribution in [2.45, 2.75) is 66.3 Å². The van der Waals surface area contributed by atoms with Crippen LogP contribution in [0.3, 0.4) is 0 Å². The summed E-state index contributed by atoms with van der Waals surface area (Å²) in [6.07, 6.45) is -1.17. The highest BCUT2D eigenvalue weighted by atomic mass is 35.5. The molecular formula is C30H31Cl2NO4. The summed E-state index contributed by atoms with van der Waals surface area (Å²) in [4.78, 5) is 27.8. The van der Waals surface area contributed by atoms with Gasteiger partial charge >= 0.3 is 5.97 Å². The molecule has 7 heteroatoms. The quantitative estimate of drug-likeness (QED) is 0.361. The van der Waals surface area contributed by atoms with Crippen molar-refractivity contribution < 1.29 is 19.4 Å². The van der Waals surface area contributed by atoms with E-state index in [1.54, 1.807) is 23.1 Å². The van der Waals surface area contributed by atoms with E-state index in [-0.39, 0.29) is 5.91 Å². The van der Waals surface area contributed by atoms with Gasteiger partial charge in [0.15, 0.2) is 6.10 Å².